The van der Waals surface area contributed by atoms with Gasteiger partial charge in [-0.25, -0.2) is 0 Å². The molecule has 1 atom stereocenters. The maximum absolute atomic E-state index is 12.9. The van der Waals surface area contributed by atoms with Crippen LogP contribution in [0.3, 0.4) is 0 Å². The molecule has 4 heteroatoms. The van der Waals surface area contributed by atoms with Crippen molar-refractivity contribution in [1.29, 1.82) is 0 Å². The van der Waals surface area contributed by atoms with E-state index in [1.807, 2.05) is 25.1 Å². The first-order valence-corrected chi connectivity index (χ1v) is 7.88. The monoisotopic (exact) mass is 289 g/mol. The van der Waals surface area contributed by atoms with Gasteiger partial charge in [0.1, 0.15) is 6.04 Å². The summed E-state index contributed by atoms with van der Waals surface area (Å²) < 4.78 is 0. The summed E-state index contributed by atoms with van der Waals surface area (Å²) in [6, 6.07) is 8.13. The Morgan fingerprint density at radius 1 is 1.24 bits per heavy atom. The van der Waals surface area contributed by atoms with Crippen LogP contribution < -0.4 is 5.32 Å². The van der Waals surface area contributed by atoms with E-state index in [1.54, 1.807) is 0 Å². The van der Waals surface area contributed by atoms with Gasteiger partial charge in [0.25, 0.3) is 0 Å². The molecule has 4 nitrogen and oxygen atoms in total. The third kappa shape index (κ3) is 4.05. The molecule has 0 fully saturated rings. The number of fused-ring (bicyclic) bond motifs is 1. The van der Waals surface area contributed by atoms with Crippen molar-refractivity contribution in [2.45, 2.75) is 25.8 Å². The van der Waals surface area contributed by atoms with E-state index in [0.29, 0.717) is 0 Å². The highest BCUT2D eigenvalue weighted by molar-refractivity contribution is 5.84. The number of benzene rings is 1. The molecule has 1 aliphatic heterocycles. The summed E-state index contributed by atoms with van der Waals surface area (Å²) >= 11 is 0. The Hall–Kier alpha value is -1.39. The Labute approximate surface area is 128 Å². The molecule has 21 heavy (non-hydrogen) atoms. The molecule has 1 unspecified atom stereocenters. The van der Waals surface area contributed by atoms with Crippen molar-refractivity contribution in [1.82, 2.24) is 15.1 Å². The second-order valence-corrected chi connectivity index (χ2v) is 5.96. The minimum Gasteiger partial charge on any atom is -0.340 e. The van der Waals surface area contributed by atoms with E-state index in [0.717, 1.165) is 44.6 Å². The summed E-state index contributed by atoms with van der Waals surface area (Å²) in [5, 5.41) is 3.40. The van der Waals surface area contributed by atoms with E-state index in [9.17, 15) is 4.79 Å². The number of carbonyl (C=O) groups excluding carboxylic acids is 1. The van der Waals surface area contributed by atoms with Crippen LogP contribution in [0.2, 0.25) is 0 Å². The van der Waals surface area contributed by atoms with Crippen LogP contribution in [0.15, 0.2) is 24.3 Å². The summed E-state index contributed by atoms with van der Waals surface area (Å²) in [6.07, 6.45) is 2.00. The number of carbonyl (C=O) groups is 1. The van der Waals surface area contributed by atoms with Gasteiger partial charge < -0.3 is 15.1 Å². The topological polar surface area (TPSA) is 35.6 Å². The fourth-order valence-electron chi connectivity index (χ4n) is 2.83. The standard InChI is InChI=1S/C17H27N3O/c1-4-11-20(13-12-19(2)3)17(21)16-15-8-6-5-7-14(15)9-10-18-16/h5-8,16,18H,4,9-13H2,1-3H3. The van der Waals surface area contributed by atoms with Crippen LogP contribution in [0.1, 0.15) is 30.5 Å². The number of hydrogen-bond acceptors (Lipinski definition) is 3. The summed E-state index contributed by atoms with van der Waals surface area (Å²) in [5.41, 5.74) is 2.46. The lowest BCUT2D eigenvalue weighted by Crippen LogP contribution is -2.46. The lowest BCUT2D eigenvalue weighted by Gasteiger charge is -2.32. The van der Waals surface area contributed by atoms with E-state index in [1.165, 1.54) is 5.56 Å². The van der Waals surface area contributed by atoms with Gasteiger partial charge in [-0.15, -0.1) is 0 Å². The maximum Gasteiger partial charge on any atom is 0.244 e. The molecular weight excluding hydrogens is 262 g/mol. The third-order valence-corrected chi connectivity index (χ3v) is 3.98. The third-order valence-electron chi connectivity index (χ3n) is 3.98. The van der Waals surface area contributed by atoms with E-state index in [2.05, 4.69) is 35.3 Å². The van der Waals surface area contributed by atoms with Gasteiger partial charge in [-0.2, -0.15) is 0 Å². The van der Waals surface area contributed by atoms with E-state index < -0.39 is 0 Å². The largest absolute Gasteiger partial charge is 0.340 e. The number of hydrogen-bond donors (Lipinski definition) is 1. The van der Waals surface area contributed by atoms with Crippen molar-refractivity contribution in [3.05, 3.63) is 35.4 Å². The van der Waals surface area contributed by atoms with Gasteiger partial charge in [0.15, 0.2) is 0 Å². The van der Waals surface area contributed by atoms with E-state index in [-0.39, 0.29) is 11.9 Å². The molecule has 1 N–H and O–H groups in total. The van der Waals surface area contributed by atoms with Crippen molar-refractivity contribution in [2.75, 3.05) is 40.3 Å². The number of nitrogens with one attached hydrogen (secondary N) is 1. The number of likely N-dealkylation sites (N-methyl/N-ethyl adjacent to an activating group) is 1. The molecule has 0 spiro atoms. The van der Waals surface area contributed by atoms with Gasteiger partial charge in [0.05, 0.1) is 0 Å². The molecule has 1 heterocycles. The molecule has 1 amide bonds. The van der Waals surface area contributed by atoms with Gasteiger partial charge in [0, 0.05) is 26.2 Å². The van der Waals surface area contributed by atoms with Crippen molar-refractivity contribution in [3.8, 4) is 0 Å². The molecule has 0 aliphatic carbocycles. The first kappa shape index (κ1) is 16.0. The highest BCUT2D eigenvalue weighted by Crippen LogP contribution is 2.24. The second-order valence-electron chi connectivity index (χ2n) is 5.96. The highest BCUT2D eigenvalue weighted by atomic mass is 16.2. The summed E-state index contributed by atoms with van der Waals surface area (Å²) in [6.45, 7) is 5.52. The first-order valence-electron chi connectivity index (χ1n) is 7.88. The lowest BCUT2D eigenvalue weighted by molar-refractivity contribution is -0.134. The minimum atomic E-state index is -0.177. The fraction of sp³-hybridized carbons (Fsp3) is 0.588. The van der Waals surface area contributed by atoms with E-state index in [4.69, 9.17) is 0 Å². The van der Waals surface area contributed by atoms with E-state index >= 15 is 0 Å². The van der Waals surface area contributed by atoms with Crippen molar-refractivity contribution in [3.63, 3.8) is 0 Å². The zero-order chi connectivity index (χ0) is 15.2. The highest BCUT2D eigenvalue weighted by Gasteiger charge is 2.29. The molecule has 0 saturated heterocycles. The number of amides is 1. The lowest BCUT2D eigenvalue weighted by atomic mass is 9.93. The molecule has 1 aromatic carbocycles. The smallest absolute Gasteiger partial charge is 0.244 e. The average Bonchev–Trinajstić information content (AvgIpc) is 2.50. The molecular formula is C17H27N3O. The maximum atomic E-state index is 12.9. The molecule has 0 saturated carbocycles. The summed E-state index contributed by atoms with van der Waals surface area (Å²) in [5.74, 6) is 0.214. The predicted molar refractivity (Wildman–Crippen MR) is 86.3 cm³/mol. The molecule has 1 aromatic rings. The van der Waals surface area contributed by atoms with Crippen LogP contribution in [-0.4, -0.2) is 56.0 Å². The number of nitrogens with zero attached hydrogens (tertiary/aromatic N) is 2. The van der Waals surface area contributed by atoms with Crippen LogP contribution in [0.25, 0.3) is 0 Å². The zero-order valence-electron chi connectivity index (χ0n) is 13.4. The van der Waals surface area contributed by atoms with Crippen LogP contribution >= 0.6 is 0 Å². The minimum absolute atomic E-state index is 0.177. The SMILES string of the molecule is CCCN(CCN(C)C)C(=O)C1NCCc2ccccc21. The molecule has 0 radical (unpaired) electrons. The van der Waals surface area contributed by atoms with Crippen molar-refractivity contribution >= 4 is 5.91 Å². The Morgan fingerprint density at radius 3 is 2.71 bits per heavy atom. The molecule has 2 rings (SSSR count). The summed E-state index contributed by atoms with van der Waals surface area (Å²) in [4.78, 5) is 17.0. The van der Waals surface area contributed by atoms with Gasteiger partial charge in [-0.1, -0.05) is 31.2 Å². The molecule has 1 aliphatic rings. The Kier molecular flexibility index (Phi) is 5.76. The Morgan fingerprint density at radius 2 is 2.00 bits per heavy atom. The van der Waals surface area contributed by atoms with Crippen LogP contribution in [0.5, 0.6) is 0 Å². The van der Waals surface area contributed by atoms with Gasteiger partial charge in [-0.05, 0) is 38.1 Å². The average molecular weight is 289 g/mol. The quantitative estimate of drug-likeness (QED) is 0.865. The first-order chi connectivity index (χ1) is 10.1. The normalized spacial score (nSPS) is 17.6. The Bertz CT molecular complexity index is 473. The molecule has 0 bridgehead atoms. The molecule has 116 valence electrons. The Balaban J connectivity index is 2.13. The van der Waals surface area contributed by atoms with Crippen LogP contribution in [-0.2, 0) is 11.2 Å². The zero-order valence-corrected chi connectivity index (χ0v) is 13.4. The van der Waals surface area contributed by atoms with Gasteiger partial charge in [-0.3, -0.25) is 4.79 Å². The van der Waals surface area contributed by atoms with Crippen LogP contribution in [0, 0.1) is 0 Å². The predicted octanol–water partition coefficient (Wildman–Crippen LogP) is 1.67. The fourth-order valence-corrected chi connectivity index (χ4v) is 2.83. The van der Waals surface area contributed by atoms with Crippen LogP contribution in [0.4, 0.5) is 0 Å². The van der Waals surface area contributed by atoms with Crippen molar-refractivity contribution in [2.24, 2.45) is 0 Å². The van der Waals surface area contributed by atoms with Gasteiger partial charge in [0.2, 0.25) is 5.91 Å². The second kappa shape index (κ2) is 7.57. The summed E-state index contributed by atoms with van der Waals surface area (Å²) in [7, 11) is 4.09. The van der Waals surface area contributed by atoms with Crippen molar-refractivity contribution < 1.29 is 4.79 Å². The number of rotatable bonds is 6. The molecule has 0 aromatic heterocycles. The van der Waals surface area contributed by atoms with Gasteiger partial charge >= 0.3 is 0 Å².